The summed E-state index contributed by atoms with van der Waals surface area (Å²) in [5, 5.41) is 3.14. The molecule has 0 aromatic heterocycles. The Hall–Kier alpha value is -1.56. The summed E-state index contributed by atoms with van der Waals surface area (Å²) in [6.45, 7) is 1.78. The second-order valence-electron chi connectivity index (χ2n) is 5.39. The van der Waals surface area contributed by atoms with E-state index >= 15 is 0 Å². The lowest BCUT2D eigenvalue weighted by Gasteiger charge is -2.24. The van der Waals surface area contributed by atoms with Gasteiger partial charge in [0.1, 0.15) is 6.17 Å². The fraction of sp³-hybridized carbons (Fsp3) is 0.500. The Morgan fingerprint density at radius 2 is 1.80 bits per heavy atom. The van der Waals surface area contributed by atoms with E-state index in [0.717, 1.165) is 25.0 Å². The van der Waals surface area contributed by atoms with Crippen molar-refractivity contribution in [3.05, 3.63) is 35.4 Å². The number of carbonyl (C=O) groups is 1. The van der Waals surface area contributed by atoms with Gasteiger partial charge in [0, 0.05) is 6.04 Å². The zero-order valence-electron chi connectivity index (χ0n) is 10.9. The van der Waals surface area contributed by atoms with Crippen molar-refractivity contribution in [3.63, 3.8) is 0 Å². The van der Waals surface area contributed by atoms with E-state index in [0.29, 0.717) is 5.56 Å². The second-order valence-corrected chi connectivity index (χ2v) is 5.39. The van der Waals surface area contributed by atoms with E-state index in [9.17, 15) is 18.0 Å². The molecule has 108 valence electrons. The minimum atomic E-state index is -4.33. The standard InChI is InChI=1S/C14H15F3N2O/c1-8-13(20)19(11-6-7-11)12(18-8)9-2-4-10(5-3-9)14(15,16)17/h2-5,8,11-12,18H,6-7H2,1H3. The molecule has 1 aliphatic carbocycles. The Labute approximate surface area is 114 Å². The van der Waals surface area contributed by atoms with Crippen molar-refractivity contribution in [1.82, 2.24) is 10.2 Å². The number of nitrogens with one attached hydrogen (secondary N) is 1. The van der Waals surface area contributed by atoms with Crippen LogP contribution in [0.25, 0.3) is 0 Å². The number of hydrogen-bond donors (Lipinski definition) is 1. The molecule has 1 N–H and O–H groups in total. The molecule has 6 heteroatoms. The van der Waals surface area contributed by atoms with Gasteiger partial charge in [-0.2, -0.15) is 13.2 Å². The van der Waals surface area contributed by atoms with Gasteiger partial charge in [-0.15, -0.1) is 0 Å². The maximum Gasteiger partial charge on any atom is 0.416 e. The normalized spacial score (nSPS) is 27.2. The maximum absolute atomic E-state index is 12.6. The molecule has 1 aromatic carbocycles. The lowest BCUT2D eigenvalue weighted by atomic mass is 10.1. The van der Waals surface area contributed by atoms with Crippen molar-refractivity contribution >= 4 is 5.91 Å². The van der Waals surface area contributed by atoms with Crippen molar-refractivity contribution in [3.8, 4) is 0 Å². The number of hydrogen-bond acceptors (Lipinski definition) is 2. The summed E-state index contributed by atoms with van der Waals surface area (Å²) in [5.74, 6) is 0.0254. The van der Waals surface area contributed by atoms with Gasteiger partial charge in [-0.05, 0) is 37.5 Å². The Balaban J connectivity index is 1.86. The van der Waals surface area contributed by atoms with Crippen LogP contribution in [0.1, 0.15) is 37.1 Å². The van der Waals surface area contributed by atoms with E-state index in [-0.39, 0.29) is 24.2 Å². The number of alkyl halides is 3. The van der Waals surface area contributed by atoms with Crippen molar-refractivity contribution < 1.29 is 18.0 Å². The minimum Gasteiger partial charge on any atom is -0.319 e. The molecule has 1 aromatic rings. The SMILES string of the molecule is CC1NC(c2ccc(C(F)(F)F)cc2)N(C2CC2)C1=O. The van der Waals surface area contributed by atoms with Crippen molar-refractivity contribution in [2.45, 2.75) is 44.2 Å². The monoisotopic (exact) mass is 284 g/mol. The first-order valence-corrected chi connectivity index (χ1v) is 6.63. The number of benzene rings is 1. The Bertz CT molecular complexity index is 522. The Kier molecular flexibility index (Phi) is 3.01. The van der Waals surface area contributed by atoms with Crippen LogP contribution in [0.3, 0.4) is 0 Å². The first-order valence-electron chi connectivity index (χ1n) is 6.63. The number of amides is 1. The van der Waals surface area contributed by atoms with E-state index in [1.54, 1.807) is 11.8 Å². The molecule has 1 heterocycles. The van der Waals surface area contributed by atoms with Gasteiger partial charge in [-0.1, -0.05) is 12.1 Å². The average Bonchev–Trinajstić information content (AvgIpc) is 3.17. The van der Waals surface area contributed by atoms with Gasteiger partial charge in [0.15, 0.2) is 0 Å². The largest absolute Gasteiger partial charge is 0.416 e. The van der Waals surface area contributed by atoms with Crippen LogP contribution >= 0.6 is 0 Å². The first-order chi connectivity index (χ1) is 9.38. The lowest BCUT2D eigenvalue weighted by Crippen LogP contribution is -2.32. The summed E-state index contributed by atoms with van der Waals surface area (Å²) >= 11 is 0. The summed E-state index contributed by atoms with van der Waals surface area (Å²) in [4.78, 5) is 13.9. The number of halogens is 3. The fourth-order valence-corrected chi connectivity index (χ4v) is 2.59. The van der Waals surface area contributed by atoms with Gasteiger partial charge in [0.25, 0.3) is 0 Å². The van der Waals surface area contributed by atoms with Crippen molar-refractivity contribution in [1.29, 1.82) is 0 Å². The third-order valence-electron chi connectivity index (χ3n) is 3.80. The molecule has 3 rings (SSSR count). The molecule has 0 bridgehead atoms. The van der Waals surface area contributed by atoms with E-state index in [4.69, 9.17) is 0 Å². The highest BCUT2D eigenvalue weighted by Gasteiger charge is 2.45. The van der Waals surface area contributed by atoms with Crippen LogP contribution in [0.5, 0.6) is 0 Å². The molecular formula is C14H15F3N2O. The highest BCUT2D eigenvalue weighted by Crippen LogP contribution is 2.38. The van der Waals surface area contributed by atoms with E-state index in [1.807, 2.05) is 0 Å². The summed E-state index contributed by atoms with van der Waals surface area (Å²) in [7, 11) is 0. The highest BCUT2D eigenvalue weighted by molar-refractivity contribution is 5.84. The molecule has 3 nitrogen and oxygen atoms in total. The van der Waals surface area contributed by atoms with E-state index in [2.05, 4.69) is 5.32 Å². The molecule has 20 heavy (non-hydrogen) atoms. The quantitative estimate of drug-likeness (QED) is 0.905. The summed E-state index contributed by atoms with van der Waals surface area (Å²) in [5.41, 5.74) is 0.0270. The Morgan fingerprint density at radius 1 is 1.20 bits per heavy atom. The van der Waals surface area contributed by atoms with E-state index < -0.39 is 11.7 Å². The van der Waals surface area contributed by atoms with Crippen LogP contribution in [0.2, 0.25) is 0 Å². The van der Waals surface area contributed by atoms with E-state index in [1.165, 1.54) is 12.1 Å². The topological polar surface area (TPSA) is 32.3 Å². The number of carbonyl (C=O) groups excluding carboxylic acids is 1. The van der Waals surface area contributed by atoms with Gasteiger partial charge < -0.3 is 4.90 Å². The average molecular weight is 284 g/mol. The summed E-state index contributed by atoms with van der Waals surface area (Å²) in [6.07, 6.45) is -2.71. The first kappa shape index (κ1) is 13.4. The zero-order chi connectivity index (χ0) is 14.5. The molecule has 1 aliphatic heterocycles. The Morgan fingerprint density at radius 3 is 2.30 bits per heavy atom. The van der Waals surface area contributed by atoms with Gasteiger partial charge in [0.2, 0.25) is 5.91 Å². The maximum atomic E-state index is 12.6. The molecule has 1 saturated heterocycles. The molecule has 2 aliphatic rings. The third-order valence-corrected chi connectivity index (χ3v) is 3.80. The highest BCUT2D eigenvalue weighted by atomic mass is 19.4. The predicted molar refractivity (Wildman–Crippen MR) is 66.7 cm³/mol. The zero-order valence-corrected chi connectivity index (χ0v) is 10.9. The molecule has 0 spiro atoms. The van der Waals surface area contributed by atoms with Crippen LogP contribution < -0.4 is 5.32 Å². The third kappa shape index (κ3) is 2.28. The predicted octanol–water partition coefficient (Wildman–Crippen LogP) is 2.69. The number of rotatable bonds is 2. The molecule has 1 amide bonds. The van der Waals surface area contributed by atoms with Crippen LogP contribution in [-0.4, -0.2) is 22.9 Å². The summed E-state index contributed by atoms with van der Waals surface area (Å²) < 4.78 is 37.7. The molecule has 2 unspecified atom stereocenters. The van der Waals surface area contributed by atoms with Crippen LogP contribution in [-0.2, 0) is 11.0 Å². The fourth-order valence-electron chi connectivity index (χ4n) is 2.59. The molecule has 1 saturated carbocycles. The molecule has 2 fully saturated rings. The van der Waals surface area contributed by atoms with Gasteiger partial charge in [0.05, 0.1) is 11.6 Å². The van der Waals surface area contributed by atoms with Gasteiger partial charge in [-0.25, -0.2) is 0 Å². The van der Waals surface area contributed by atoms with Crippen molar-refractivity contribution in [2.24, 2.45) is 0 Å². The van der Waals surface area contributed by atoms with Crippen molar-refractivity contribution in [2.75, 3.05) is 0 Å². The van der Waals surface area contributed by atoms with Gasteiger partial charge in [-0.3, -0.25) is 10.1 Å². The molecule has 2 atom stereocenters. The second kappa shape index (κ2) is 4.48. The van der Waals surface area contributed by atoms with Crippen LogP contribution in [0.4, 0.5) is 13.2 Å². The van der Waals surface area contributed by atoms with Gasteiger partial charge >= 0.3 is 6.18 Å². The number of nitrogens with zero attached hydrogens (tertiary/aromatic N) is 1. The lowest BCUT2D eigenvalue weighted by molar-refractivity contribution is -0.137. The van der Waals surface area contributed by atoms with Crippen LogP contribution in [0, 0.1) is 0 Å². The summed E-state index contributed by atoms with van der Waals surface area (Å²) in [6, 6.07) is 4.96. The molecule has 0 radical (unpaired) electrons. The smallest absolute Gasteiger partial charge is 0.319 e. The molecular weight excluding hydrogens is 269 g/mol. The minimum absolute atomic E-state index is 0.0254. The van der Waals surface area contributed by atoms with Crippen LogP contribution in [0.15, 0.2) is 24.3 Å².